The van der Waals surface area contributed by atoms with E-state index >= 15 is 0 Å². The van der Waals surface area contributed by atoms with Gasteiger partial charge in [0, 0.05) is 32.9 Å². The highest BCUT2D eigenvalue weighted by molar-refractivity contribution is 5.97. The number of nitrogens with zero attached hydrogens (tertiary/aromatic N) is 2. The zero-order chi connectivity index (χ0) is 13.8. The Balaban J connectivity index is 1.99. The van der Waals surface area contributed by atoms with Gasteiger partial charge in [0.25, 0.3) is 0 Å². The van der Waals surface area contributed by atoms with Crippen LogP contribution in [0, 0.1) is 0 Å². The van der Waals surface area contributed by atoms with E-state index in [1.165, 1.54) is 0 Å². The number of piperazine rings is 1. The van der Waals surface area contributed by atoms with Crippen LogP contribution in [0.2, 0.25) is 0 Å². The largest absolute Gasteiger partial charge is 0.343 e. The van der Waals surface area contributed by atoms with Crippen LogP contribution in [0.15, 0.2) is 30.3 Å². The van der Waals surface area contributed by atoms with Crippen molar-refractivity contribution < 1.29 is 9.59 Å². The van der Waals surface area contributed by atoms with Crippen molar-refractivity contribution in [1.82, 2.24) is 10.2 Å². The molecule has 1 fully saturated rings. The molecule has 5 nitrogen and oxygen atoms in total. The van der Waals surface area contributed by atoms with Crippen LogP contribution in [0.5, 0.6) is 0 Å². The van der Waals surface area contributed by atoms with Crippen LogP contribution in [-0.2, 0) is 9.59 Å². The fourth-order valence-corrected chi connectivity index (χ4v) is 2.14. The number of benzene rings is 1. The summed E-state index contributed by atoms with van der Waals surface area (Å²) in [4.78, 5) is 27.3. The van der Waals surface area contributed by atoms with Crippen molar-refractivity contribution in [3.63, 3.8) is 0 Å². The number of hydrogen-bond acceptors (Lipinski definition) is 3. The highest BCUT2D eigenvalue weighted by atomic mass is 16.2. The molecule has 0 aromatic heterocycles. The van der Waals surface area contributed by atoms with E-state index in [2.05, 4.69) is 5.32 Å². The number of rotatable bonds is 3. The van der Waals surface area contributed by atoms with Gasteiger partial charge in [0.2, 0.25) is 11.8 Å². The minimum absolute atomic E-state index is 0.0129. The van der Waals surface area contributed by atoms with Gasteiger partial charge in [0.1, 0.15) is 0 Å². The Morgan fingerprint density at radius 2 is 2.11 bits per heavy atom. The summed E-state index contributed by atoms with van der Waals surface area (Å²) in [6, 6.07) is 9.02. The van der Waals surface area contributed by atoms with Crippen LogP contribution in [0.1, 0.15) is 6.42 Å². The Kier molecular flexibility index (Phi) is 4.16. The standard InChI is InChI=1S/C14H19N3O2/c1-16-9-8-15-12(14(16)19)10-13(18)17(2)11-6-4-3-5-7-11/h3-7,12,15H,8-10H2,1-2H3. The van der Waals surface area contributed by atoms with Gasteiger partial charge in [-0.2, -0.15) is 0 Å². The van der Waals surface area contributed by atoms with E-state index in [-0.39, 0.29) is 18.2 Å². The second-order valence-corrected chi connectivity index (χ2v) is 4.76. The lowest BCUT2D eigenvalue weighted by Gasteiger charge is -2.31. The van der Waals surface area contributed by atoms with E-state index in [9.17, 15) is 9.59 Å². The Bertz CT molecular complexity index is 461. The SMILES string of the molecule is CN1CCNC(CC(=O)N(C)c2ccccc2)C1=O. The van der Waals surface area contributed by atoms with Crippen LogP contribution in [0.25, 0.3) is 0 Å². The van der Waals surface area contributed by atoms with Crippen molar-refractivity contribution in [1.29, 1.82) is 0 Å². The molecule has 1 N–H and O–H groups in total. The molecule has 0 radical (unpaired) electrons. The first-order valence-corrected chi connectivity index (χ1v) is 6.39. The van der Waals surface area contributed by atoms with E-state index in [1.807, 2.05) is 30.3 Å². The Morgan fingerprint density at radius 1 is 1.42 bits per heavy atom. The first-order valence-electron chi connectivity index (χ1n) is 6.39. The summed E-state index contributed by atoms with van der Waals surface area (Å²) in [6.07, 6.45) is 0.189. The number of nitrogens with one attached hydrogen (secondary N) is 1. The van der Waals surface area contributed by atoms with Gasteiger partial charge in [-0.3, -0.25) is 9.59 Å². The van der Waals surface area contributed by atoms with Gasteiger partial charge in [0.15, 0.2) is 0 Å². The summed E-state index contributed by atoms with van der Waals surface area (Å²) in [6.45, 7) is 1.42. The third-order valence-corrected chi connectivity index (χ3v) is 3.41. The van der Waals surface area contributed by atoms with Crippen LogP contribution >= 0.6 is 0 Å². The molecule has 0 saturated carbocycles. The molecule has 5 heteroatoms. The molecule has 1 aliphatic heterocycles. The number of carbonyl (C=O) groups excluding carboxylic acids is 2. The predicted molar refractivity (Wildman–Crippen MR) is 73.9 cm³/mol. The monoisotopic (exact) mass is 261 g/mol. The number of anilines is 1. The Morgan fingerprint density at radius 3 is 2.79 bits per heavy atom. The van der Waals surface area contributed by atoms with Gasteiger partial charge in [0.05, 0.1) is 12.5 Å². The third kappa shape index (κ3) is 3.12. The Hall–Kier alpha value is -1.88. The van der Waals surface area contributed by atoms with Crippen molar-refractivity contribution >= 4 is 17.5 Å². The molecule has 0 aliphatic carbocycles. The third-order valence-electron chi connectivity index (χ3n) is 3.41. The van der Waals surface area contributed by atoms with Crippen molar-refractivity contribution in [2.75, 3.05) is 32.1 Å². The lowest BCUT2D eigenvalue weighted by Crippen LogP contribution is -2.54. The first kappa shape index (κ1) is 13.5. The molecule has 102 valence electrons. The molecule has 1 saturated heterocycles. The lowest BCUT2D eigenvalue weighted by atomic mass is 10.1. The molecule has 19 heavy (non-hydrogen) atoms. The summed E-state index contributed by atoms with van der Waals surface area (Å²) < 4.78 is 0. The highest BCUT2D eigenvalue weighted by Gasteiger charge is 2.29. The second-order valence-electron chi connectivity index (χ2n) is 4.76. The van der Waals surface area contributed by atoms with Crippen LogP contribution in [-0.4, -0.2) is 49.9 Å². The van der Waals surface area contributed by atoms with Crippen molar-refractivity contribution in [2.45, 2.75) is 12.5 Å². The van der Waals surface area contributed by atoms with E-state index in [4.69, 9.17) is 0 Å². The summed E-state index contributed by atoms with van der Waals surface area (Å²) in [5, 5.41) is 3.10. The summed E-state index contributed by atoms with van der Waals surface area (Å²) >= 11 is 0. The molecule has 1 aromatic rings. The molecule has 2 amide bonds. The minimum atomic E-state index is -0.405. The average molecular weight is 261 g/mol. The minimum Gasteiger partial charge on any atom is -0.343 e. The van der Waals surface area contributed by atoms with Gasteiger partial charge >= 0.3 is 0 Å². The summed E-state index contributed by atoms with van der Waals surface area (Å²) in [7, 11) is 3.50. The maximum atomic E-state index is 12.2. The maximum Gasteiger partial charge on any atom is 0.240 e. The lowest BCUT2D eigenvalue weighted by molar-refractivity contribution is -0.136. The normalized spacial score (nSPS) is 19.4. The molecule has 1 atom stereocenters. The number of amides is 2. The fraction of sp³-hybridized carbons (Fsp3) is 0.429. The number of hydrogen-bond donors (Lipinski definition) is 1. The second kappa shape index (κ2) is 5.84. The van der Waals surface area contributed by atoms with Gasteiger partial charge < -0.3 is 15.1 Å². The number of para-hydroxylation sites is 1. The highest BCUT2D eigenvalue weighted by Crippen LogP contribution is 2.13. The molecule has 0 spiro atoms. The zero-order valence-corrected chi connectivity index (χ0v) is 11.3. The molecular weight excluding hydrogens is 242 g/mol. The van der Waals surface area contributed by atoms with E-state index in [0.717, 1.165) is 12.2 Å². The van der Waals surface area contributed by atoms with Crippen LogP contribution < -0.4 is 10.2 Å². The molecular formula is C14H19N3O2. The molecule has 1 aliphatic rings. The summed E-state index contributed by atoms with van der Waals surface area (Å²) in [5.74, 6) is -0.0755. The molecule has 1 unspecified atom stereocenters. The fourth-order valence-electron chi connectivity index (χ4n) is 2.14. The molecule has 0 bridgehead atoms. The van der Waals surface area contributed by atoms with Crippen molar-refractivity contribution in [3.8, 4) is 0 Å². The van der Waals surface area contributed by atoms with Gasteiger partial charge in [-0.05, 0) is 12.1 Å². The average Bonchev–Trinajstić information content (AvgIpc) is 2.44. The topological polar surface area (TPSA) is 52.7 Å². The molecule has 1 aromatic carbocycles. The van der Waals surface area contributed by atoms with E-state index in [1.54, 1.807) is 23.9 Å². The van der Waals surface area contributed by atoms with Crippen molar-refractivity contribution in [3.05, 3.63) is 30.3 Å². The molecule has 2 rings (SSSR count). The predicted octanol–water partition coefficient (Wildman–Crippen LogP) is 0.470. The van der Waals surface area contributed by atoms with Gasteiger partial charge in [-0.25, -0.2) is 0 Å². The molecule has 1 heterocycles. The number of likely N-dealkylation sites (N-methyl/N-ethyl adjacent to an activating group) is 1. The Labute approximate surface area is 113 Å². The van der Waals surface area contributed by atoms with Gasteiger partial charge in [-0.15, -0.1) is 0 Å². The van der Waals surface area contributed by atoms with Gasteiger partial charge in [-0.1, -0.05) is 18.2 Å². The van der Waals surface area contributed by atoms with E-state index in [0.29, 0.717) is 6.54 Å². The van der Waals surface area contributed by atoms with Crippen molar-refractivity contribution in [2.24, 2.45) is 0 Å². The van der Waals surface area contributed by atoms with Crippen LogP contribution in [0.3, 0.4) is 0 Å². The maximum absolute atomic E-state index is 12.2. The van der Waals surface area contributed by atoms with Crippen LogP contribution in [0.4, 0.5) is 5.69 Å². The first-order chi connectivity index (χ1) is 9.09. The summed E-state index contributed by atoms with van der Waals surface area (Å²) in [5.41, 5.74) is 0.837. The smallest absolute Gasteiger partial charge is 0.240 e. The zero-order valence-electron chi connectivity index (χ0n) is 11.3. The van der Waals surface area contributed by atoms with E-state index < -0.39 is 6.04 Å². The number of carbonyl (C=O) groups is 2. The quantitative estimate of drug-likeness (QED) is 0.860.